The van der Waals surface area contributed by atoms with Gasteiger partial charge in [0, 0.05) is 11.6 Å². The first kappa shape index (κ1) is 13.3. The van der Waals surface area contributed by atoms with Crippen molar-refractivity contribution in [2.24, 2.45) is 0 Å². The highest BCUT2D eigenvalue weighted by atomic mass is 35.5. The van der Waals surface area contributed by atoms with Crippen molar-refractivity contribution in [1.29, 1.82) is 0 Å². The summed E-state index contributed by atoms with van der Waals surface area (Å²) in [4.78, 5) is 0. The minimum atomic E-state index is 0.436. The molecule has 2 aromatic rings. The third kappa shape index (κ3) is 3.19. The van der Waals surface area contributed by atoms with E-state index in [4.69, 9.17) is 32.4 Å². The summed E-state index contributed by atoms with van der Waals surface area (Å²) in [5.74, 6) is 1.55. The molecule has 1 aromatic carbocycles. The minimum Gasteiger partial charge on any atom is -0.489 e. The molecule has 1 N–H and O–H groups in total. The molecule has 0 saturated carbocycles. The molecule has 1 aromatic heterocycles. The largest absolute Gasteiger partial charge is 0.489 e. The fraction of sp³-hybridized carbons (Fsp3) is 0.231. The van der Waals surface area contributed by atoms with Gasteiger partial charge < -0.3 is 14.5 Å². The van der Waals surface area contributed by atoms with Gasteiger partial charge in [-0.3, -0.25) is 0 Å². The Labute approximate surface area is 116 Å². The van der Waals surface area contributed by atoms with E-state index < -0.39 is 0 Å². The molecular formula is C13H13Cl2NO2. The van der Waals surface area contributed by atoms with Gasteiger partial charge >= 0.3 is 0 Å². The van der Waals surface area contributed by atoms with E-state index in [0.29, 0.717) is 28.9 Å². The van der Waals surface area contributed by atoms with Crippen LogP contribution < -0.4 is 10.1 Å². The molecule has 5 heteroatoms. The second-order valence-electron chi connectivity index (χ2n) is 3.76. The van der Waals surface area contributed by atoms with E-state index in [-0.39, 0.29) is 0 Å². The van der Waals surface area contributed by atoms with Gasteiger partial charge in [0.05, 0.1) is 22.9 Å². The van der Waals surface area contributed by atoms with E-state index in [1.807, 2.05) is 13.1 Å². The number of nitrogens with one attached hydrogen (secondary N) is 1. The summed E-state index contributed by atoms with van der Waals surface area (Å²) >= 11 is 11.8. The normalized spacial score (nSPS) is 10.6. The predicted molar refractivity (Wildman–Crippen MR) is 72.3 cm³/mol. The molecule has 0 atom stereocenters. The van der Waals surface area contributed by atoms with Gasteiger partial charge in [-0.2, -0.15) is 0 Å². The van der Waals surface area contributed by atoms with Crippen LogP contribution in [0, 0.1) is 0 Å². The summed E-state index contributed by atoms with van der Waals surface area (Å²) in [6.07, 6.45) is 1.65. The Morgan fingerprint density at radius 2 is 2.06 bits per heavy atom. The number of rotatable bonds is 5. The van der Waals surface area contributed by atoms with Gasteiger partial charge in [0.15, 0.2) is 0 Å². The second kappa shape index (κ2) is 6.14. The van der Waals surface area contributed by atoms with Crippen molar-refractivity contribution in [3.8, 4) is 5.75 Å². The van der Waals surface area contributed by atoms with Gasteiger partial charge in [0.2, 0.25) is 0 Å². The first-order chi connectivity index (χ1) is 8.70. The number of halogens is 2. The fourth-order valence-electron chi connectivity index (χ4n) is 1.54. The highest BCUT2D eigenvalue weighted by Crippen LogP contribution is 2.27. The molecule has 2 rings (SSSR count). The Morgan fingerprint density at radius 1 is 1.22 bits per heavy atom. The number of benzene rings is 1. The molecule has 1 heterocycles. The van der Waals surface area contributed by atoms with Crippen LogP contribution in [0.2, 0.25) is 10.0 Å². The summed E-state index contributed by atoms with van der Waals surface area (Å²) in [6, 6.07) is 7.08. The maximum Gasteiger partial charge on any atom is 0.124 e. The molecule has 0 aliphatic carbocycles. The molecular weight excluding hydrogens is 273 g/mol. The van der Waals surface area contributed by atoms with Gasteiger partial charge in [0.1, 0.15) is 18.1 Å². The van der Waals surface area contributed by atoms with Crippen molar-refractivity contribution in [3.63, 3.8) is 0 Å². The highest BCUT2D eigenvalue weighted by molar-refractivity contribution is 6.42. The standard InChI is InChI=1S/C13H13Cl2NO2/c1-16-7-13-9(4-5-17-13)8-18-10-2-3-11(14)12(15)6-10/h2-6,16H,7-8H2,1H3. The Hall–Kier alpha value is -1.16. The molecule has 96 valence electrons. The zero-order valence-corrected chi connectivity index (χ0v) is 11.4. The molecule has 0 aliphatic heterocycles. The molecule has 0 unspecified atom stereocenters. The molecule has 0 saturated heterocycles. The topological polar surface area (TPSA) is 34.4 Å². The molecule has 0 bridgehead atoms. The van der Waals surface area contributed by atoms with Gasteiger partial charge in [-0.25, -0.2) is 0 Å². The Morgan fingerprint density at radius 3 is 2.78 bits per heavy atom. The maximum atomic E-state index is 5.92. The highest BCUT2D eigenvalue weighted by Gasteiger charge is 2.07. The zero-order valence-electron chi connectivity index (χ0n) is 9.87. The molecule has 0 radical (unpaired) electrons. The molecule has 0 aliphatic rings. The monoisotopic (exact) mass is 285 g/mol. The van der Waals surface area contributed by atoms with Crippen LogP contribution >= 0.6 is 23.2 Å². The molecule has 0 spiro atoms. The minimum absolute atomic E-state index is 0.436. The quantitative estimate of drug-likeness (QED) is 0.905. The lowest BCUT2D eigenvalue weighted by molar-refractivity contribution is 0.301. The Bertz CT molecular complexity index is 525. The van der Waals surface area contributed by atoms with E-state index in [2.05, 4.69) is 5.32 Å². The van der Waals surface area contributed by atoms with Crippen molar-refractivity contribution in [2.45, 2.75) is 13.2 Å². The lowest BCUT2D eigenvalue weighted by Gasteiger charge is -2.07. The summed E-state index contributed by atoms with van der Waals surface area (Å²) in [5, 5.41) is 4.04. The summed E-state index contributed by atoms with van der Waals surface area (Å²) in [5.41, 5.74) is 1.01. The SMILES string of the molecule is CNCc1occc1COc1ccc(Cl)c(Cl)c1. The third-order valence-corrected chi connectivity index (χ3v) is 3.20. The summed E-state index contributed by atoms with van der Waals surface area (Å²) in [6.45, 7) is 1.11. The van der Waals surface area contributed by atoms with Crippen molar-refractivity contribution in [2.75, 3.05) is 7.05 Å². The van der Waals surface area contributed by atoms with Gasteiger partial charge in [-0.1, -0.05) is 23.2 Å². The van der Waals surface area contributed by atoms with E-state index in [0.717, 1.165) is 11.3 Å². The lowest BCUT2D eigenvalue weighted by Crippen LogP contribution is -2.07. The number of hydrogen-bond acceptors (Lipinski definition) is 3. The first-order valence-electron chi connectivity index (χ1n) is 5.48. The van der Waals surface area contributed by atoms with Crippen LogP contribution in [0.5, 0.6) is 5.75 Å². The average molecular weight is 286 g/mol. The van der Waals surface area contributed by atoms with Gasteiger partial charge in [-0.05, 0) is 25.2 Å². The lowest BCUT2D eigenvalue weighted by atomic mass is 10.2. The van der Waals surface area contributed by atoms with E-state index in [9.17, 15) is 0 Å². The van der Waals surface area contributed by atoms with Gasteiger partial charge in [-0.15, -0.1) is 0 Å². The number of ether oxygens (including phenoxy) is 1. The molecule has 18 heavy (non-hydrogen) atoms. The summed E-state index contributed by atoms with van der Waals surface area (Å²) in [7, 11) is 1.87. The predicted octanol–water partition coefficient (Wildman–Crippen LogP) is 3.88. The van der Waals surface area contributed by atoms with E-state index in [1.54, 1.807) is 24.5 Å². The fourth-order valence-corrected chi connectivity index (χ4v) is 1.83. The number of hydrogen-bond donors (Lipinski definition) is 1. The first-order valence-corrected chi connectivity index (χ1v) is 6.24. The van der Waals surface area contributed by atoms with E-state index >= 15 is 0 Å². The smallest absolute Gasteiger partial charge is 0.124 e. The maximum absolute atomic E-state index is 5.92. The van der Waals surface area contributed by atoms with Crippen LogP contribution in [0.3, 0.4) is 0 Å². The van der Waals surface area contributed by atoms with E-state index in [1.165, 1.54) is 0 Å². The van der Waals surface area contributed by atoms with Crippen LogP contribution in [-0.4, -0.2) is 7.05 Å². The molecule has 0 fully saturated rings. The average Bonchev–Trinajstić information content (AvgIpc) is 2.79. The Kier molecular flexibility index (Phi) is 4.53. The van der Waals surface area contributed by atoms with Crippen molar-refractivity contribution >= 4 is 23.2 Å². The van der Waals surface area contributed by atoms with Gasteiger partial charge in [0.25, 0.3) is 0 Å². The second-order valence-corrected chi connectivity index (χ2v) is 4.58. The van der Waals surface area contributed by atoms with Crippen LogP contribution in [0.1, 0.15) is 11.3 Å². The number of furan rings is 1. The third-order valence-electron chi connectivity index (χ3n) is 2.46. The van der Waals surface area contributed by atoms with Crippen molar-refractivity contribution in [1.82, 2.24) is 5.32 Å². The van der Waals surface area contributed by atoms with Crippen LogP contribution in [0.15, 0.2) is 34.9 Å². The Balaban J connectivity index is 2.02. The van der Waals surface area contributed by atoms with Crippen molar-refractivity contribution in [3.05, 3.63) is 51.9 Å². The van der Waals surface area contributed by atoms with Crippen LogP contribution in [0.4, 0.5) is 0 Å². The van der Waals surface area contributed by atoms with Crippen LogP contribution in [0.25, 0.3) is 0 Å². The zero-order chi connectivity index (χ0) is 13.0. The van der Waals surface area contributed by atoms with Crippen LogP contribution in [-0.2, 0) is 13.2 Å². The van der Waals surface area contributed by atoms with Crippen molar-refractivity contribution < 1.29 is 9.15 Å². The summed E-state index contributed by atoms with van der Waals surface area (Å²) < 4.78 is 11.0. The molecule has 0 amide bonds. The molecule has 3 nitrogen and oxygen atoms in total.